The van der Waals surface area contributed by atoms with Crippen LogP contribution in [-0.2, 0) is 13.1 Å². The number of halogens is 2. The fraction of sp³-hybridized carbons (Fsp3) is 0.500. The number of hydrogen-bond donors (Lipinski definition) is 2. The first kappa shape index (κ1) is 17.2. The van der Waals surface area contributed by atoms with E-state index in [9.17, 15) is 4.39 Å². The van der Waals surface area contributed by atoms with E-state index in [1.54, 1.807) is 6.07 Å². The first-order valence-corrected chi connectivity index (χ1v) is 6.59. The van der Waals surface area contributed by atoms with E-state index in [0.29, 0.717) is 13.1 Å². The van der Waals surface area contributed by atoms with Gasteiger partial charge in [-0.2, -0.15) is 0 Å². The molecule has 1 aliphatic heterocycles. The van der Waals surface area contributed by atoms with Crippen molar-refractivity contribution in [2.45, 2.75) is 19.5 Å². The summed E-state index contributed by atoms with van der Waals surface area (Å²) in [6.45, 7) is 3.01. The van der Waals surface area contributed by atoms with Crippen LogP contribution in [0, 0.1) is 5.82 Å². The van der Waals surface area contributed by atoms with Crippen LogP contribution < -0.4 is 10.6 Å². The molecular formula is C14H22FIN4. The zero-order valence-corrected chi connectivity index (χ0v) is 14.3. The fourth-order valence-electron chi connectivity index (χ4n) is 2.01. The summed E-state index contributed by atoms with van der Waals surface area (Å²) in [5.41, 5.74) is 1.65. The molecule has 0 atom stereocenters. The van der Waals surface area contributed by atoms with Crippen LogP contribution >= 0.6 is 24.0 Å². The SMILES string of the molecule is CN(C)Cc1ccc(CNC2=NCCCN2)cc1F.I. The van der Waals surface area contributed by atoms with E-state index in [1.807, 2.05) is 31.1 Å². The van der Waals surface area contributed by atoms with E-state index in [2.05, 4.69) is 15.6 Å². The lowest BCUT2D eigenvalue weighted by molar-refractivity contribution is 0.392. The zero-order valence-electron chi connectivity index (χ0n) is 11.9. The lowest BCUT2D eigenvalue weighted by Gasteiger charge is -2.16. The Morgan fingerprint density at radius 3 is 2.80 bits per heavy atom. The van der Waals surface area contributed by atoms with Crippen molar-refractivity contribution in [1.82, 2.24) is 15.5 Å². The second-order valence-corrected chi connectivity index (χ2v) is 5.03. The molecule has 0 amide bonds. The molecule has 0 fully saturated rings. The Kier molecular flexibility index (Phi) is 7.22. The van der Waals surface area contributed by atoms with Crippen molar-refractivity contribution in [3.8, 4) is 0 Å². The quantitative estimate of drug-likeness (QED) is 0.770. The van der Waals surface area contributed by atoms with Gasteiger partial charge in [-0.25, -0.2) is 4.39 Å². The Hall–Kier alpha value is -0.890. The molecule has 1 aliphatic rings. The molecule has 1 heterocycles. The molecule has 1 aromatic carbocycles. The van der Waals surface area contributed by atoms with Crippen LogP contribution in [0.25, 0.3) is 0 Å². The number of hydrogen-bond acceptors (Lipinski definition) is 4. The summed E-state index contributed by atoms with van der Waals surface area (Å²) >= 11 is 0. The first-order chi connectivity index (χ1) is 9.15. The number of rotatable bonds is 4. The Balaban J connectivity index is 0.00000200. The average Bonchev–Trinajstić information content (AvgIpc) is 2.40. The second-order valence-electron chi connectivity index (χ2n) is 5.03. The van der Waals surface area contributed by atoms with Crippen molar-refractivity contribution in [1.29, 1.82) is 0 Å². The third-order valence-electron chi connectivity index (χ3n) is 2.96. The molecule has 0 aliphatic carbocycles. The number of nitrogens with one attached hydrogen (secondary N) is 2. The lowest BCUT2D eigenvalue weighted by Crippen LogP contribution is -2.40. The van der Waals surface area contributed by atoms with E-state index < -0.39 is 0 Å². The highest BCUT2D eigenvalue weighted by Crippen LogP contribution is 2.12. The molecule has 0 bridgehead atoms. The molecule has 0 saturated carbocycles. The maximum Gasteiger partial charge on any atom is 0.191 e. The van der Waals surface area contributed by atoms with E-state index in [1.165, 1.54) is 0 Å². The number of nitrogens with zero attached hydrogens (tertiary/aromatic N) is 2. The van der Waals surface area contributed by atoms with Crippen molar-refractivity contribution in [3.63, 3.8) is 0 Å². The van der Waals surface area contributed by atoms with Gasteiger partial charge in [0.1, 0.15) is 5.82 Å². The number of benzene rings is 1. The highest BCUT2D eigenvalue weighted by molar-refractivity contribution is 14.0. The maximum atomic E-state index is 13.9. The Labute approximate surface area is 136 Å². The molecule has 6 heteroatoms. The van der Waals surface area contributed by atoms with Gasteiger partial charge in [0.15, 0.2) is 5.96 Å². The summed E-state index contributed by atoms with van der Waals surface area (Å²) in [6, 6.07) is 5.40. The van der Waals surface area contributed by atoms with E-state index >= 15 is 0 Å². The monoisotopic (exact) mass is 392 g/mol. The van der Waals surface area contributed by atoms with Gasteiger partial charge in [0.05, 0.1) is 0 Å². The van der Waals surface area contributed by atoms with Gasteiger partial charge in [0.2, 0.25) is 0 Å². The predicted octanol–water partition coefficient (Wildman–Crippen LogP) is 1.94. The van der Waals surface area contributed by atoms with E-state index in [0.717, 1.165) is 36.6 Å². The summed E-state index contributed by atoms with van der Waals surface area (Å²) in [5, 5.41) is 6.37. The van der Waals surface area contributed by atoms with Gasteiger partial charge in [-0.3, -0.25) is 4.99 Å². The van der Waals surface area contributed by atoms with Crippen molar-refractivity contribution in [2.24, 2.45) is 4.99 Å². The zero-order chi connectivity index (χ0) is 13.7. The molecule has 2 rings (SSSR count). The molecular weight excluding hydrogens is 370 g/mol. The number of guanidine groups is 1. The third kappa shape index (κ3) is 5.24. The lowest BCUT2D eigenvalue weighted by atomic mass is 10.1. The van der Waals surface area contributed by atoms with E-state index in [-0.39, 0.29) is 29.8 Å². The molecule has 1 aromatic rings. The standard InChI is InChI=1S/C14H21FN4.HI/c1-19(2)10-12-5-4-11(8-13(12)15)9-18-14-16-6-3-7-17-14;/h4-5,8H,3,6-7,9-10H2,1-2H3,(H2,16,17,18);1H. The predicted molar refractivity (Wildman–Crippen MR) is 91.0 cm³/mol. The molecule has 0 unspecified atom stereocenters. The van der Waals surface area contributed by atoms with Crippen molar-refractivity contribution in [3.05, 3.63) is 35.1 Å². The van der Waals surface area contributed by atoms with Crippen LogP contribution in [0.1, 0.15) is 17.5 Å². The van der Waals surface area contributed by atoms with Crippen LogP contribution in [0.15, 0.2) is 23.2 Å². The van der Waals surface area contributed by atoms with Crippen LogP contribution in [0.3, 0.4) is 0 Å². The Bertz CT molecular complexity index is 462. The summed E-state index contributed by atoms with van der Waals surface area (Å²) in [4.78, 5) is 6.27. The molecule has 0 saturated heterocycles. The van der Waals surface area contributed by atoms with Crippen molar-refractivity contribution < 1.29 is 4.39 Å². The molecule has 112 valence electrons. The fourth-order valence-corrected chi connectivity index (χ4v) is 2.01. The Morgan fingerprint density at radius 1 is 1.40 bits per heavy atom. The normalized spacial score (nSPS) is 14.3. The average molecular weight is 392 g/mol. The third-order valence-corrected chi connectivity index (χ3v) is 2.96. The summed E-state index contributed by atoms with van der Waals surface area (Å²) in [5.74, 6) is 0.663. The van der Waals surface area contributed by atoms with Crippen molar-refractivity contribution in [2.75, 3.05) is 27.2 Å². The molecule has 0 radical (unpaired) electrons. The number of aliphatic imine (C=N–C) groups is 1. The van der Waals surface area contributed by atoms with Gasteiger partial charge >= 0.3 is 0 Å². The minimum Gasteiger partial charge on any atom is -0.356 e. The topological polar surface area (TPSA) is 39.7 Å². The largest absolute Gasteiger partial charge is 0.356 e. The van der Waals surface area contributed by atoms with Crippen LogP contribution in [0.5, 0.6) is 0 Å². The van der Waals surface area contributed by atoms with Gasteiger partial charge in [0.25, 0.3) is 0 Å². The van der Waals surface area contributed by atoms with Gasteiger partial charge in [0, 0.05) is 31.7 Å². The second kappa shape index (κ2) is 8.41. The van der Waals surface area contributed by atoms with Crippen LogP contribution in [0.4, 0.5) is 4.39 Å². The smallest absolute Gasteiger partial charge is 0.191 e. The summed E-state index contributed by atoms with van der Waals surface area (Å²) in [7, 11) is 3.86. The van der Waals surface area contributed by atoms with Gasteiger partial charge in [-0.1, -0.05) is 12.1 Å². The molecule has 4 nitrogen and oxygen atoms in total. The van der Waals surface area contributed by atoms with Gasteiger partial charge in [-0.15, -0.1) is 24.0 Å². The summed E-state index contributed by atoms with van der Waals surface area (Å²) < 4.78 is 13.9. The molecule has 0 aromatic heterocycles. The first-order valence-electron chi connectivity index (χ1n) is 6.59. The minimum atomic E-state index is -0.147. The van der Waals surface area contributed by atoms with Crippen LogP contribution in [0.2, 0.25) is 0 Å². The highest BCUT2D eigenvalue weighted by Gasteiger charge is 2.06. The van der Waals surface area contributed by atoms with Crippen LogP contribution in [-0.4, -0.2) is 38.0 Å². The molecule has 2 N–H and O–H groups in total. The van der Waals surface area contributed by atoms with Gasteiger partial charge < -0.3 is 15.5 Å². The minimum absolute atomic E-state index is 0. The van der Waals surface area contributed by atoms with Gasteiger partial charge in [-0.05, 0) is 32.1 Å². The molecule has 0 spiro atoms. The maximum absolute atomic E-state index is 13.9. The molecule has 20 heavy (non-hydrogen) atoms. The summed E-state index contributed by atoms with van der Waals surface area (Å²) in [6.07, 6.45) is 1.07. The Morgan fingerprint density at radius 2 is 2.20 bits per heavy atom. The highest BCUT2D eigenvalue weighted by atomic mass is 127. The van der Waals surface area contributed by atoms with Crippen molar-refractivity contribution >= 4 is 29.9 Å². The van der Waals surface area contributed by atoms with E-state index in [4.69, 9.17) is 0 Å².